The first-order valence-corrected chi connectivity index (χ1v) is 9.21. The first kappa shape index (κ1) is 18.2. The lowest BCUT2D eigenvalue weighted by Crippen LogP contribution is -2.33. The van der Waals surface area contributed by atoms with E-state index in [0.29, 0.717) is 17.6 Å². The molecule has 0 aromatic heterocycles. The second kappa shape index (κ2) is 8.65. The minimum atomic E-state index is -0.242. The Morgan fingerprint density at radius 2 is 2.00 bits per heavy atom. The molecule has 1 amide bonds. The molecule has 6 nitrogen and oxygen atoms in total. The molecule has 0 saturated heterocycles. The summed E-state index contributed by atoms with van der Waals surface area (Å²) >= 11 is 0. The van der Waals surface area contributed by atoms with Gasteiger partial charge in [-0.1, -0.05) is 31.4 Å². The molecule has 1 aromatic rings. The van der Waals surface area contributed by atoms with Crippen molar-refractivity contribution in [1.82, 2.24) is 10.7 Å². The normalized spacial score (nSPS) is 19.1. The van der Waals surface area contributed by atoms with Gasteiger partial charge < -0.3 is 4.74 Å². The predicted octanol–water partition coefficient (Wildman–Crippen LogP) is 3.46. The van der Waals surface area contributed by atoms with E-state index in [4.69, 9.17) is 4.74 Å². The molecule has 0 atom stereocenters. The molecule has 1 fully saturated rings. The van der Waals surface area contributed by atoms with Gasteiger partial charge in [0.15, 0.2) is 0 Å². The second-order valence-corrected chi connectivity index (χ2v) is 7.00. The lowest BCUT2D eigenvalue weighted by molar-refractivity contribution is -0.115. The number of guanidine groups is 1. The van der Waals surface area contributed by atoms with Crippen LogP contribution in [-0.4, -0.2) is 24.2 Å². The lowest BCUT2D eigenvalue weighted by Gasteiger charge is -2.21. The van der Waals surface area contributed by atoms with Crippen molar-refractivity contribution < 1.29 is 9.53 Å². The molecule has 0 spiro atoms. The van der Waals surface area contributed by atoms with Crippen LogP contribution in [0, 0.1) is 5.92 Å². The number of nitrogens with zero attached hydrogens (tertiary/aromatic N) is 2. The maximum atomic E-state index is 12.0. The van der Waals surface area contributed by atoms with Crippen LogP contribution in [0.5, 0.6) is 5.75 Å². The van der Waals surface area contributed by atoms with Crippen LogP contribution in [0.15, 0.2) is 40.1 Å². The molecular weight excluding hydrogens is 328 g/mol. The quantitative estimate of drug-likeness (QED) is 0.483. The molecule has 0 radical (unpaired) electrons. The smallest absolute Gasteiger partial charge is 0.276 e. The Kier molecular flexibility index (Phi) is 6.04. The maximum Gasteiger partial charge on any atom is 0.276 e. The van der Waals surface area contributed by atoms with Gasteiger partial charge in [0.1, 0.15) is 11.4 Å². The van der Waals surface area contributed by atoms with Crippen molar-refractivity contribution in [3.63, 3.8) is 0 Å². The van der Waals surface area contributed by atoms with Gasteiger partial charge in [-0.3, -0.25) is 10.1 Å². The number of rotatable bonds is 5. The monoisotopic (exact) mass is 354 g/mol. The summed E-state index contributed by atoms with van der Waals surface area (Å²) in [6, 6.07) is 7.75. The number of nitrogens with one attached hydrogen (secondary N) is 2. The van der Waals surface area contributed by atoms with Crippen molar-refractivity contribution in [3.05, 3.63) is 35.5 Å². The summed E-state index contributed by atoms with van der Waals surface area (Å²) in [4.78, 5) is 16.2. The molecule has 1 saturated carbocycles. The zero-order valence-electron chi connectivity index (χ0n) is 15.4. The second-order valence-electron chi connectivity index (χ2n) is 7.00. The Morgan fingerprint density at radius 1 is 1.27 bits per heavy atom. The van der Waals surface area contributed by atoms with Gasteiger partial charge in [0.2, 0.25) is 5.96 Å². The Balaban J connectivity index is 1.58. The first-order chi connectivity index (χ1) is 12.6. The van der Waals surface area contributed by atoms with Crippen LogP contribution < -0.4 is 15.5 Å². The molecule has 26 heavy (non-hydrogen) atoms. The minimum absolute atomic E-state index is 0.242. The van der Waals surface area contributed by atoms with Crippen LogP contribution in [0.25, 0.3) is 6.08 Å². The number of hydrazone groups is 1. The van der Waals surface area contributed by atoms with E-state index in [1.165, 1.54) is 32.1 Å². The van der Waals surface area contributed by atoms with Gasteiger partial charge in [-0.2, -0.15) is 5.10 Å². The van der Waals surface area contributed by atoms with Crippen LogP contribution in [0.2, 0.25) is 0 Å². The van der Waals surface area contributed by atoms with Gasteiger partial charge in [0.25, 0.3) is 5.91 Å². The summed E-state index contributed by atoms with van der Waals surface area (Å²) in [5.41, 5.74) is 4.84. The van der Waals surface area contributed by atoms with Crippen molar-refractivity contribution in [2.75, 3.05) is 6.61 Å². The number of carbonyl (C=O) groups is 1. The highest BCUT2D eigenvalue weighted by Gasteiger charge is 2.19. The van der Waals surface area contributed by atoms with Crippen LogP contribution in [0.3, 0.4) is 0 Å². The fourth-order valence-electron chi connectivity index (χ4n) is 3.07. The summed E-state index contributed by atoms with van der Waals surface area (Å²) in [5.74, 6) is 1.65. The van der Waals surface area contributed by atoms with Gasteiger partial charge in [0.05, 0.1) is 6.61 Å². The Hall–Kier alpha value is -2.63. The zero-order valence-corrected chi connectivity index (χ0v) is 15.4. The van der Waals surface area contributed by atoms with Crippen LogP contribution in [0.1, 0.15) is 51.5 Å². The van der Waals surface area contributed by atoms with E-state index >= 15 is 0 Å². The van der Waals surface area contributed by atoms with E-state index in [2.05, 4.69) is 20.8 Å². The number of benzene rings is 1. The molecule has 1 aliphatic carbocycles. The number of hydrogen-bond donors (Lipinski definition) is 2. The number of aliphatic imine (C=N–C) groups is 1. The highest BCUT2D eigenvalue weighted by atomic mass is 16.5. The van der Waals surface area contributed by atoms with E-state index in [1.54, 1.807) is 6.08 Å². The average molecular weight is 354 g/mol. The summed E-state index contributed by atoms with van der Waals surface area (Å²) in [6.07, 6.45) is 8.30. The highest BCUT2D eigenvalue weighted by molar-refractivity contribution is 6.13. The van der Waals surface area contributed by atoms with Gasteiger partial charge >= 0.3 is 0 Å². The molecule has 0 bridgehead atoms. The number of hydrogen-bond acceptors (Lipinski definition) is 5. The molecule has 0 unspecified atom stereocenters. The molecule has 2 aliphatic rings. The molecule has 3 rings (SSSR count). The predicted molar refractivity (Wildman–Crippen MR) is 104 cm³/mol. The molecule has 1 aliphatic heterocycles. The molecular formula is C20H26N4O2. The Bertz CT molecular complexity index is 725. The SMILES string of the molecule is CC(C)=NNC1=NC(=Cc2ccc(OCC3CCCCC3)cc2)C(=O)N1. The van der Waals surface area contributed by atoms with E-state index in [1.807, 2.05) is 38.1 Å². The van der Waals surface area contributed by atoms with E-state index in [0.717, 1.165) is 23.6 Å². The van der Waals surface area contributed by atoms with Crippen molar-refractivity contribution in [1.29, 1.82) is 0 Å². The maximum absolute atomic E-state index is 12.0. The third kappa shape index (κ3) is 5.18. The molecule has 1 heterocycles. The largest absolute Gasteiger partial charge is 0.493 e. The van der Waals surface area contributed by atoms with Crippen molar-refractivity contribution in [3.8, 4) is 5.75 Å². The topological polar surface area (TPSA) is 75.1 Å². The van der Waals surface area contributed by atoms with Gasteiger partial charge in [-0.05, 0) is 56.4 Å². The molecule has 1 aromatic carbocycles. The fourth-order valence-corrected chi connectivity index (χ4v) is 3.07. The summed E-state index contributed by atoms with van der Waals surface area (Å²) < 4.78 is 5.91. The Morgan fingerprint density at radius 3 is 2.69 bits per heavy atom. The Labute approximate surface area is 154 Å². The summed E-state index contributed by atoms with van der Waals surface area (Å²) in [7, 11) is 0. The van der Waals surface area contributed by atoms with Crippen LogP contribution in [-0.2, 0) is 4.79 Å². The molecule has 2 N–H and O–H groups in total. The molecule has 6 heteroatoms. The summed E-state index contributed by atoms with van der Waals surface area (Å²) in [6.45, 7) is 4.51. The third-order valence-electron chi connectivity index (χ3n) is 4.48. The van der Waals surface area contributed by atoms with Crippen LogP contribution in [0.4, 0.5) is 0 Å². The number of amides is 1. The van der Waals surface area contributed by atoms with E-state index in [-0.39, 0.29) is 5.91 Å². The standard InChI is InChI=1S/C20H26N4O2/c1-14(2)23-24-20-21-18(19(25)22-20)12-15-8-10-17(11-9-15)26-13-16-6-4-3-5-7-16/h8-12,16H,3-7,13H2,1-2H3,(H2,21,22,24,25). The van der Waals surface area contributed by atoms with Crippen molar-refractivity contribution >= 4 is 23.7 Å². The van der Waals surface area contributed by atoms with Gasteiger partial charge in [-0.25, -0.2) is 10.4 Å². The minimum Gasteiger partial charge on any atom is -0.493 e. The first-order valence-electron chi connectivity index (χ1n) is 9.21. The highest BCUT2D eigenvalue weighted by Crippen LogP contribution is 2.25. The zero-order chi connectivity index (χ0) is 18.4. The van der Waals surface area contributed by atoms with E-state index < -0.39 is 0 Å². The van der Waals surface area contributed by atoms with Crippen LogP contribution >= 0.6 is 0 Å². The molecule has 138 valence electrons. The average Bonchev–Trinajstić information content (AvgIpc) is 3.00. The van der Waals surface area contributed by atoms with Crippen molar-refractivity contribution in [2.24, 2.45) is 16.0 Å². The van der Waals surface area contributed by atoms with Gasteiger partial charge in [-0.15, -0.1) is 0 Å². The fraction of sp³-hybridized carbons (Fsp3) is 0.450. The van der Waals surface area contributed by atoms with Gasteiger partial charge in [0, 0.05) is 5.71 Å². The van der Waals surface area contributed by atoms with E-state index in [9.17, 15) is 4.79 Å². The number of ether oxygens (including phenoxy) is 1. The van der Waals surface area contributed by atoms with Crippen molar-refractivity contribution in [2.45, 2.75) is 46.0 Å². The lowest BCUT2D eigenvalue weighted by atomic mass is 9.90. The number of carbonyl (C=O) groups excluding carboxylic acids is 1. The third-order valence-corrected chi connectivity index (χ3v) is 4.48. The summed E-state index contributed by atoms with van der Waals surface area (Å²) in [5, 5.41) is 6.68.